The molecule has 17 heavy (non-hydrogen) atoms. The molecule has 0 saturated carbocycles. The first kappa shape index (κ1) is 13.3. The van der Waals surface area contributed by atoms with E-state index in [4.69, 9.17) is 0 Å². The lowest BCUT2D eigenvalue weighted by Crippen LogP contribution is -1.93. The summed E-state index contributed by atoms with van der Waals surface area (Å²) in [6.07, 6.45) is -5.66. The molecule has 0 aliphatic carbocycles. The van der Waals surface area contributed by atoms with Crippen molar-refractivity contribution in [2.75, 3.05) is 0 Å². The van der Waals surface area contributed by atoms with Gasteiger partial charge in [-0.25, -0.2) is 13.2 Å². The highest BCUT2D eigenvalue weighted by atomic mass is 19.3. The van der Waals surface area contributed by atoms with E-state index in [1.165, 1.54) is 0 Å². The van der Waals surface area contributed by atoms with E-state index in [2.05, 4.69) is 0 Å². The van der Waals surface area contributed by atoms with Gasteiger partial charge in [0.15, 0.2) is 11.7 Å². The predicted molar refractivity (Wildman–Crippen MR) is 46.9 cm³/mol. The molecule has 0 spiro atoms. The van der Waals surface area contributed by atoms with Gasteiger partial charge in [0.25, 0.3) is 0 Å². The molecule has 0 nitrogen and oxygen atoms in total. The average molecular weight is 256 g/mol. The zero-order chi connectivity index (χ0) is 13.2. The summed E-state index contributed by atoms with van der Waals surface area (Å²) in [5.41, 5.74) is -2.56. The fourth-order valence-corrected chi connectivity index (χ4v) is 1.07. The van der Waals surface area contributed by atoms with Crippen molar-refractivity contribution < 1.29 is 30.7 Å². The van der Waals surface area contributed by atoms with Gasteiger partial charge in [0.05, 0.1) is 11.1 Å². The lowest BCUT2D eigenvalue weighted by Gasteiger charge is -2.04. The van der Waals surface area contributed by atoms with Crippen LogP contribution in [0.4, 0.5) is 30.7 Å². The Kier molecular flexibility index (Phi) is 3.93. The maximum atomic E-state index is 13.3. The second kappa shape index (κ2) is 5.03. The molecule has 92 valence electrons. The van der Waals surface area contributed by atoms with Gasteiger partial charge in [0.2, 0.25) is 0 Å². The average Bonchev–Trinajstić information content (AvgIpc) is 2.27. The fraction of sp³-hybridized carbons (Fsp3) is 0. The molecule has 1 aromatic rings. The normalized spacial score (nSPS) is 10.1. The van der Waals surface area contributed by atoms with Gasteiger partial charge < -0.3 is 0 Å². The maximum Gasteiger partial charge on any atom is 0.306 e. The third-order valence-electron chi connectivity index (χ3n) is 1.80. The van der Waals surface area contributed by atoms with Crippen molar-refractivity contribution in [2.24, 2.45) is 0 Å². The van der Waals surface area contributed by atoms with Crippen LogP contribution in [-0.4, -0.2) is 0 Å². The van der Waals surface area contributed by atoms with Gasteiger partial charge in [0.1, 0.15) is 5.82 Å². The fourth-order valence-electron chi connectivity index (χ4n) is 1.07. The van der Waals surface area contributed by atoms with Crippen molar-refractivity contribution in [3.63, 3.8) is 0 Å². The molecule has 1 rings (SSSR count). The summed E-state index contributed by atoms with van der Waals surface area (Å²) in [7, 11) is 0. The van der Waals surface area contributed by atoms with Crippen LogP contribution in [-0.2, 0) is 0 Å². The van der Waals surface area contributed by atoms with Crippen LogP contribution < -0.4 is 0 Å². The number of hydrogen-bond donors (Lipinski definition) is 0. The Balaban J connectivity index is 3.47. The Labute approximate surface area is 90.7 Å². The van der Waals surface area contributed by atoms with Crippen LogP contribution in [0.5, 0.6) is 0 Å². The van der Waals surface area contributed by atoms with Crippen LogP contribution >= 0.6 is 0 Å². The molecule has 0 heterocycles. The Hall–Kier alpha value is -1.79. The molecule has 0 bridgehead atoms. The highest BCUT2D eigenvalue weighted by Crippen LogP contribution is 2.31. The zero-order valence-corrected chi connectivity index (χ0v) is 7.88. The van der Waals surface area contributed by atoms with Gasteiger partial charge in [0, 0.05) is 0 Å². The molecule has 0 fully saturated rings. The Morgan fingerprint density at radius 1 is 0.706 bits per heavy atom. The Morgan fingerprint density at radius 3 is 1.35 bits per heavy atom. The van der Waals surface area contributed by atoms with E-state index < -0.39 is 40.8 Å². The quantitative estimate of drug-likeness (QED) is 0.660. The third-order valence-corrected chi connectivity index (χ3v) is 1.80. The summed E-state index contributed by atoms with van der Waals surface area (Å²) in [6, 6.07) is 1.94. The van der Waals surface area contributed by atoms with Crippen molar-refractivity contribution in [1.82, 2.24) is 0 Å². The molecule has 7 heteroatoms. The zero-order valence-electron chi connectivity index (χ0n) is 7.88. The number of benzene rings is 1. The summed E-state index contributed by atoms with van der Waals surface area (Å²) in [5, 5.41) is 0. The molecule has 1 aromatic carbocycles. The van der Waals surface area contributed by atoms with Gasteiger partial charge in [-0.3, -0.25) is 0 Å². The summed E-state index contributed by atoms with van der Waals surface area (Å²) < 4.78 is 86.2. The van der Waals surface area contributed by atoms with Gasteiger partial charge >= 0.3 is 12.2 Å². The first-order chi connectivity index (χ1) is 7.86. The molecule has 0 saturated heterocycles. The minimum atomic E-state index is -2.83. The molecule has 0 N–H and O–H groups in total. The van der Waals surface area contributed by atoms with Crippen LogP contribution in [0.2, 0.25) is 0 Å². The Morgan fingerprint density at radius 2 is 1.06 bits per heavy atom. The topological polar surface area (TPSA) is 0 Å². The van der Waals surface area contributed by atoms with Crippen molar-refractivity contribution >= 4 is 11.7 Å². The van der Waals surface area contributed by atoms with Gasteiger partial charge in [-0.1, -0.05) is 6.07 Å². The van der Waals surface area contributed by atoms with Crippen molar-refractivity contribution in [3.8, 4) is 0 Å². The summed E-state index contributed by atoms with van der Waals surface area (Å²) >= 11 is 0. The number of rotatable bonds is 2. The van der Waals surface area contributed by atoms with Crippen LogP contribution in [0.15, 0.2) is 30.4 Å². The highest BCUT2D eigenvalue weighted by molar-refractivity contribution is 5.68. The second-order valence-corrected chi connectivity index (χ2v) is 2.82. The monoisotopic (exact) mass is 256 g/mol. The van der Waals surface area contributed by atoms with Gasteiger partial charge in [-0.05, 0) is 12.1 Å². The van der Waals surface area contributed by atoms with E-state index >= 15 is 0 Å². The van der Waals surface area contributed by atoms with E-state index in [0.717, 1.165) is 6.07 Å². The molecule has 0 aromatic heterocycles. The lowest BCUT2D eigenvalue weighted by molar-refractivity contribution is 0.407. The first-order valence-corrected chi connectivity index (χ1v) is 4.07. The van der Waals surface area contributed by atoms with Crippen molar-refractivity contribution in [3.05, 3.63) is 47.3 Å². The molecule has 0 aliphatic rings. The third kappa shape index (κ3) is 2.66. The lowest BCUT2D eigenvalue weighted by atomic mass is 10.1. The van der Waals surface area contributed by atoms with Crippen LogP contribution in [0, 0.1) is 5.82 Å². The first-order valence-electron chi connectivity index (χ1n) is 4.07. The molecule has 0 amide bonds. The highest BCUT2D eigenvalue weighted by Gasteiger charge is 2.20. The minimum Gasteiger partial charge on any atom is -0.205 e. The molecular formula is C10H3F7. The molecular weight excluding hydrogens is 253 g/mol. The number of halogens is 7. The maximum absolute atomic E-state index is 13.3. The largest absolute Gasteiger partial charge is 0.306 e. The summed E-state index contributed by atoms with van der Waals surface area (Å²) in [4.78, 5) is 0. The van der Waals surface area contributed by atoms with Gasteiger partial charge in [-0.15, -0.1) is 0 Å². The SMILES string of the molecule is FC(F)=C(F)c1cccc(C(F)=C(F)F)c1F. The molecule has 0 atom stereocenters. The van der Waals surface area contributed by atoms with E-state index in [1.54, 1.807) is 0 Å². The van der Waals surface area contributed by atoms with Crippen LogP contribution in [0.3, 0.4) is 0 Å². The summed E-state index contributed by atoms with van der Waals surface area (Å²) in [5.74, 6) is -6.27. The van der Waals surface area contributed by atoms with E-state index in [9.17, 15) is 30.7 Å². The Bertz CT molecular complexity index is 451. The van der Waals surface area contributed by atoms with E-state index in [-0.39, 0.29) is 0 Å². The van der Waals surface area contributed by atoms with Crippen LogP contribution in [0.1, 0.15) is 11.1 Å². The molecule has 0 radical (unpaired) electrons. The van der Waals surface area contributed by atoms with Gasteiger partial charge in [-0.2, -0.15) is 17.6 Å². The number of hydrogen-bond acceptors (Lipinski definition) is 0. The summed E-state index contributed by atoms with van der Waals surface area (Å²) in [6.45, 7) is 0. The van der Waals surface area contributed by atoms with E-state index in [1.807, 2.05) is 0 Å². The van der Waals surface area contributed by atoms with Crippen molar-refractivity contribution in [1.29, 1.82) is 0 Å². The van der Waals surface area contributed by atoms with E-state index in [0.29, 0.717) is 12.1 Å². The van der Waals surface area contributed by atoms with Crippen LogP contribution in [0.25, 0.3) is 11.7 Å². The molecule has 0 aliphatic heterocycles. The predicted octanol–water partition coefficient (Wildman–Crippen LogP) is 4.89. The van der Waals surface area contributed by atoms with Crippen molar-refractivity contribution in [2.45, 2.75) is 0 Å². The molecule has 0 unspecified atom stereocenters. The smallest absolute Gasteiger partial charge is 0.205 e. The second-order valence-electron chi connectivity index (χ2n) is 2.82. The standard InChI is InChI=1S/C10H3F7/c11-6-4(7(12)9(14)15)2-1-3-5(6)8(13)10(16)17/h1-3H. The minimum absolute atomic E-state index is 0.580.